The number of nitrogens with zero attached hydrogens (tertiary/aromatic N) is 2. The van der Waals surface area contributed by atoms with Gasteiger partial charge in [-0.15, -0.1) is 11.8 Å². The fourth-order valence-electron chi connectivity index (χ4n) is 4.51. The summed E-state index contributed by atoms with van der Waals surface area (Å²) in [5, 5.41) is 18.9. The van der Waals surface area contributed by atoms with E-state index in [-0.39, 0.29) is 12.3 Å². The molecule has 0 aliphatic carbocycles. The number of aliphatic hydroxyl groups is 1. The van der Waals surface area contributed by atoms with Gasteiger partial charge >= 0.3 is 5.97 Å². The van der Waals surface area contributed by atoms with Crippen LogP contribution in [0.1, 0.15) is 43.9 Å². The van der Waals surface area contributed by atoms with Crippen molar-refractivity contribution in [3.8, 4) is 0 Å². The number of aliphatic hydroxyl groups excluding tert-OH is 1. The van der Waals surface area contributed by atoms with Crippen molar-refractivity contribution in [2.75, 3.05) is 19.6 Å². The van der Waals surface area contributed by atoms with E-state index in [2.05, 4.69) is 25.7 Å². The summed E-state index contributed by atoms with van der Waals surface area (Å²) >= 11 is 1.48. The summed E-state index contributed by atoms with van der Waals surface area (Å²) < 4.78 is -0.689. The number of β-lactam (4-membered cyclic amide) rings is 1. The van der Waals surface area contributed by atoms with Crippen LogP contribution in [0.3, 0.4) is 0 Å². The number of carbonyl (C=O) groups excluding carboxylic acids is 1. The minimum Gasteiger partial charge on any atom is -0.478 e. The van der Waals surface area contributed by atoms with Gasteiger partial charge < -0.3 is 15.1 Å². The molecule has 1 saturated heterocycles. The molecule has 1 heterocycles. The second-order valence-corrected chi connectivity index (χ2v) is 10.1. The van der Waals surface area contributed by atoms with Crippen molar-refractivity contribution in [3.63, 3.8) is 0 Å². The van der Waals surface area contributed by atoms with E-state index in [1.165, 1.54) is 31.4 Å². The van der Waals surface area contributed by atoms with Crippen LogP contribution in [0.15, 0.2) is 91.0 Å². The number of rotatable bonds is 10. The van der Waals surface area contributed by atoms with Gasteiger partial charge in [-0.2, -0.15) is 0 Å². The standard InChI is InChI=1S/C24H21NO4S.C6H15N/c26-20-16-21(25(20)22(27)23(28)29)30-24(17-10-4-1-5-11-17,18-12-6-2-7-13-18)19-14-8-3-9-15-19;1-4-7(5-2)6-3/h1-15,21-22,27H,16H2,(H,28,29);4-6H2,1-3H3. The van der Waals surface area contributed by atoms with Crippen molar-refractivity contribution in [3.05, 3.63) is 108 Å². The summed E-state index contributed by atoms with van der Waals surface area (Å²) in [6.07, 6.45) is -1.69. The number of hydrogen-bond acceptors (Lipinski definition) is 5. The highest BCUT2D eigenvalue weighted by molar-refractivity contribution is 8.01. The Balaban J connectivity index is 0.000000479. The molecular formula is C30H36N2O4S. The number of likely N-dealkylation sites (tertiary alicyclic amines) is 1. The van der Waals surface area contributed by atoms with Crippen LogP contribution in [0, 0.1) is 0 Å². The van der Waals surface area contributed by atoms with E-state index in [0.717, 1.165) is 21.6 Å². The van der Waals surface area contributed by atoms with Crippen molar-refractivity contribution >= 4 is 23.6 Å². The highest BCUT2D eigenvalue weighted by atomic mass is 32.2. The molecule has 7 heteroatoms. The summed E-state index contributed by atoms with van der Waals surface area (Å²) in [5.74, 6) is -1.80. The summed E-state index contributed by atoms with van der Waals surface area (Å²) in [7, 11) is 0. The van der Waals surface area contributed by atoms with Gasteiger partial charge in [0.15, 0.2) is 0 Å². The van der Waals surface area contributed by atoms with Crippen LogP contribution in [-0.4, -0.2) is 63.1 Å². The predicted octanol–water partition coefficient (Wildman–Crippen LogP) is 5.02. The molecular weight excluding hydrogens is 484 g/mol. The summed E-state index contributed by atoms with van der Waals surface area (Å²) in [4.78, 5) is 26.9. The van der Waals surface area contributed by atoms with Gasteiger partial charge in [0.2, 0.25) is 12.1 Å². The number of carboxylic acids is 1. The van der Waals surface area contributed by atoms with Crippen LogP contribution in [0.2, 0.25) is 0 Å². The monoisotopic (exact) mass is 520 g/mol. The van der Waals surface area contributed by atoms with Crippen LogP contribution >= 0.6 is 11.8 Å². The Morgan fingerprint density at radius 1 is 0.865 bits per heavy atom. The van der Waals surface area contributed by atoms with Crippen molar-refractivity contribution in [1.82, 2.24) is 9.80 Å². The van der Waals surface area contributed by atoms with E-state index in [0.29, 0.717) is 0 Å². The van der Waals surface area contributed by atoms with E-state index < -0.39 is 22.3 Å². The normalized spacial score (nSPS) is 16.0. The Hall–Kier alpha value is -3.13. The van der Waals surface area contributed by atoms with Crippen LogP contribution in [0.5, 0.6) is 0 Å². The van der Waals surface area contributed by atoms with Gasteiger partial charge in [-0.1, -0.05) is 112 Å². The molecule has 0 spiro atoms. The third-order valence-corrected chi connectivity index (χ3v) is 8.35. The summed E-state index contributed by atoms with van der Waals surface area (Å²) in [6.45, 7) is 10.1. The Bertz CT molecular complexity index is 1020. The maximum Gasteiger partial charge on any atom is 0.354 e. The molecule has 0 aromatic heterocycles. The van der Waals surface area contributed by atoms with Gasteiger partial charge in [0.05, 0.1) is 16.5 Å². The van der Waals surface area contributed by atoms with Crippen molar-refractivity contribution in [2.45, 2.75) is 43.5 Å². The molecule has 0 saturated carbocycles. The molecule has 3 aromatic carbocycles. The number of benzene rings is 3. The Morgan fingerprint density at radius 3 is 1.51 bits per heavy atom. The molecule has 4 rings (SSSR count). The average molecular weight is 521 g/mol. The zero-order valence-corrected chi connectivity index (χ0v) is 22.5. The SMILES string of the molecule is CCN(CC)CC.O=C(O)C(O)N1C(=O)CC1SC(c1ccccc1)(c1ccccc1)c1ccccc1. The first-order chi connectivity index (χ1) is 17.9. The number of amides is 1. The average Bonchev–Trinajstić information content (AvgIpc) is 2.93. The van der Waals surface area contributed by atoms with Crippen LogP contribution < -0.4 is 0 Å². The lowest BCUT2D eigenvalue weighted by Gasteiger charge is -2.47. The Morgan fingerprint density at radius 2 is 1.24 bits per heavy atom. The molecule has 1 aliphatic rings. The van der Waals surface area contributed by atoms with Crippen molar-refractivity contribution in [2.24, 2.45) is 0 Å². The number of aliphatic carboxylic acids is 1. The molecule has 196 valence electrons. The fourth-order valence-corrected chi connectivity index (χ4v) is 6.31. The van der Waals surface area contributed by atoms with Crippen LogP contribution in [0.25, 0.3) is 0 Å². The molecule has 3 aromatic rings. The Labute approximate surface area is 223 Å². The molecule has 2 atom stereocenters. The molecule has 0 bridgehead atoms. The topological polar surface area (TPSA) is 81.1 Å². The molecule has 6 nitrogen and oxygen atoms in total. The smallest absolute Gasteiger partial charge is 0.354 e. The largest absolute Gasteiger partial charge is 0.478 e. The van der Waals surface area contributed by atoms with Gasteiger partial charge in [-0.3, -0.25) is 9.69 Å². The van der Waals surface area contributed by atoms with Gasteiger partial charge in [0.25, 0.3) is 0 Å². The van der Waals surface area contributed by atoms with E-state index in [4.69, 9.17) is 0 Å². The minimum atomic E-state index is -1.86. The molecule has 1 aliphatic heterocycles. The minimum absolute atomic E-state index is 0.170. The van der Waals surface area contributed by atoms with Gasteiger partial charge in [0, 0.05) is 0 Å². The molecule has 2 N–H and O–H groups in total. The van der Waals surface area contributed by atoms with Crippen LogP contribution in [0.4, 0.5) is 0 Å². The van der Waals surface area contributed by atoms with E-state index in [1.807, 2.05) is 91.0 Å². The van der Waals surface area contributed by atoms with E-state index >= 15 is 0 Å². The molecule has 37 heavy (non-hydrogen) atoms. The third-order valence-electron chi connectivity index (χ3n) is 6.63. The van der Waals surface area contributed by atoms with E-state index in [1.54, 1.807) is 0 Å². The number of hydrogen-bond donors (Lipinski definition) is 2. The van der Waals surface area contributed by atoms with Crippen molar-refractivity contribution < 1.29 is 19.8 Å². The lowest BCUT2D eigenvalue weighted by atomic mass is 9.84. The Kier molecular flexibility index (Phi) is 10.3. The maximum absolute atomic E-state index is 12.2. The quantitative estimate of drug-likeness (QED) is 0.289. The van der Waals surface area contributed by atoms with Gasteiger partial charge in [-0.05, 0) is 36.3 Å². The van der Waals surface area contributed by atoms with E-state index in [9.17, 15) is 19.8 Å². The lowest BCUT2D eigenvalue weighted by Crippen LogP contribution is -2.59. The maximum atomic E-state index is 12.2. The first-order valence-corrected chi connectivity index (χ1v) is 13.6. The zero-order valence-electron chi connectivity index (χ0n) is 21.7. The fraction of sp³-hybridized carbons (Fsp3) is 0.333. The predicted molar refractivity (Wildman–Crippen MR) is 149 cm³/mol. The lowest BCUT2D eigenvalue weighted by molar-refractivity contribution is -0.174. The number of carboxylic acid groups (broad SMARTS) is 1. The molecule has 1 amide bonds. The van der Waals surface area contributed by atoms with Gasteiger partial charge in [0.1, 0.15) is 0 Å². The van der Waals surface area contributed by atoms with Crippen LogP contribution in [-0.2, 0) is 14.3 Å². The molecule has 2 unspecified atom stereocenters. The second-order valence-electron chi connectivity index (χ2n) is 8.69. The molecule has 1 fully saturated rings. The second kappa shape index (κ2) is 13.4. The summed E-state index contributed by atoms with van der Waals surface area (Å²) in [6, 6.07) is 29.8. The van der Waals surface area contributed by atoms with Gasteiger partial charge in [-0.25, -0.2) is 4.79 Å². The highest BCUT2D eigenvalue weighted by Crippen LogP contribution is 2.53. The first-order valence-electron chi connectivity index (χ1n) is 12.7. The number of carbonyl (C=O) groups is 2. The zero-order chi connectivity index (χ0) is 26.8. The first kappa shape index (κ1) is 28.4. The molecule has 0 radical (unpaired) electrons. The number of thioether (sulfide) groups is 1. The van der Waals surface area contributed by atoms with Crippen molar-refractivity contribution in [1.29, 1.82) is 0 Å². The third kappa shape index (κ3) is 6.42. The highest BCUT2D eigenvalue weighted by Gasteiger charge is 2.49. The summed E-state index contributed by atoms with van der Waals surface area (Å²) in [5.41, 5.74) is 3.03.